The first-order valence-corrected chi connectivity index (χ1v) is 7.49. The normalized spacial score (nSPS) is 13.0. The molecular formula is C17H15N3O5. The molecule has 0 unspecified atom stereocenters. The third kappa shape index (κ3) is 3.42. The zero-order chi connectivity index (χ0) is 18.0. The van der Waals surface area contributed by atoms with Gasteiger partial charge in [-0.1, -0.05) is 12.1 Å². The van der Waals surface area contributed by atoms with Crippen LogP contribution in [0.4, 0.5) is 11.4 Å². The smallest absolute Gasteiger partial charge is 0.338 e. The van der Waals surface area contributed by atoms with Gasteiger partial charge in [0.1, 0.15) is 6.54 Å². The second-order valence-corrected chi connectivity index (χ2v) is 5.49. The third-order valence-electron chi connectivity index (χ3n) is 3.74. The number of nitrogens with one attached hydrogen (secondary N) is 1. The van der Waals surface area contributed by atoms with Gasteiger partial charge in [0.15, 0.2) is 6.61 Å². The van der Waals surface area contributed by atoms with E-state index in [1.165, 1.54) is 21.7 Å². The van der Waals surface area contributed by atoms with Crippen molar-refractivity contribution < 1.29 is 19.1 Å². The van der Waals surface area contributed by atoms with E-state index in [4.69, 9.17) is 4.74 Å². The van der Waals surface area contributed by atoms with Gasteiger partial charge in [-0.15, -0.1) is 0 Å². The maximum absolute atomic E-state index is 12.4. The van der Waals surface area contributed by atoms with Gasteiger partial charge in [-0.05, 0) is 18.2 Å². The van der Waals surface area contributed by atoms with E-state index in [-0.39, 0.29) is 23.6 Å². The number of para-hydroxylation sites is 2. The molecule has 0 atom stereocenters. The number of benzene rings is 1. The second-order valence-electron chi connectivity index (χ2n) is 5.49. The highest BCUT2D eigenvalue weighted by atomic mass is 16.5. The summed E-state index contributed by atoms with van der Waals surface area (Å²) < 4.78 is 6.29. The number of aryl methyl sites for hydroxylation is 1. The Morgan fingerprint density at radius 2 is 1.96 bits per heavy atom. The fraction of sp³-hybridized carbons (Fsp3) is 0.176. The third-order valence-corrected chi connectivity index (χ3v) is 3.74. The van der Waals surface area contributed by atoms with Crippen LogP contribution in [0.1, 0.15) is 10.4 Å². The van der Waals surface area contributed by atoms with E-state index >= 15 is 0 Å². The lowest BCUT2D eigenvalue weighted by atomic mass is 10.2. The Labute approximate surface area is 142 Å². The first-order valence-electron chi connectivity index (χ1n) is 7.49. The van der Waals surface area contributed by atoms with E-state index in [9.17, 15) is 19.2 Å². The van der Waals surface area contributed by atoms with Crippen LogP contribution < -0.4 is 15.8 Å². The molecule has 0 fully saturated rings. The molecule has 3 rings (SSSR count). The fourth-order valence-corrected chi connectivity index (χ4v) is 2.42. The summed E-state index contributed by atoms with van der Waals surface area (Å²) in [6.07, 6.45) is 1.44. The number of amides is 2. The predicted octanol–water partition coefficient (Wildman–Crippen LogP) is 0.527. The first-order chi connectivity index (χ1) is 12.0. The van der Waals surface area contributed by atoms with Crippen molar-refractivity contribution in [2.75, 3.05) is 23.4 Å². The van der Waals surface area contributed by atoms with Crippen molar-refractivity contribution in [1.82, 2.24) is 4.57 Å². The number of nitrogens with zero attached hydrogens (tertiary/aromatic N) is 2. The summed E-state index contributed by atoms with van der Waals surface area (Å²) in [6.45, 7) is -0.686. The van der Waals surface area contributed by atoms with E-state index in [2.05, 4.69) is 5.32 Å². The number of carbonyl (C=O) groups is 3. The molecule has 8 nitrogen and oxygen atoms in total. The lowest BCUT2D eigenvalue weighted by molar-refractivity contribution is -0.124. The van der Waals surface area contributed by atoms with Gasteiger partial charge in [0.2, 0.25) is 5.91 Å². The van der Waals surface area contributed by atoms with E-state index < -0.39 is 18.5 Å². The lowest BCUT2D eigenvalue weighted by Gasteiger charge is -2.28. The van der Waals surface area contributed by atoms with Crippen LogP contribution in [0.3, 0.4) is 0 Å². The largest absolute Gasteiger partial charge is 0.452 e. The number of esters is 1. The molecule has 0 radical (unpaired) electrons. The molecule has 1 aromatic carbocycles. The molecule has 0 saturated heterocycles. The van der Waals surface area contributed by atoms with Gasteiger partial charge in [-0.2, -0.15) is 0 Å². The van der Waals surface area contributed by atoms with E-state index in [1.807, 2.05) is 0 Å². The number of fused-ring (bicyclic) bond motifs is 1. The SMILES string of the molecule is Cn1ccc(C(=O)OCC(=O)N2CC(=O)Nc3ccccc32)cc1=O. The van der Waals surface area contributed by atoms with Crippen LogP contribution in [-0.4, -0.2) is 35.5 Å². The minimum atomic E-state index is -0.777. The molecule has 128 valence electrons. The summed E-state index contributed by atoms with van der Waals surface area (Å²) >= 11 is 0. The molecule has 2 amide bonds. The van der Waals surface area contributed by atoms with E-state index in [0.717, 1.165) is 6.07 Å². The molecule has 2 heterocycles. The summed E-state index contributed by atoms with van der Waals surface area (Å²) in [5.41, 5.74) is 0.761. The monoisotopic (exact) mass is 341 g/mol. The van der Waals surface area contributed by atoms with Gasteiger partial charge in [-0.25, -0.2) is 4.79 Å². The van der Waals surface area contributed by atoms with Crippen LogP contribution in [0.15, 0.2) is 47.4 Å². The minimum Gasteiger partial charge on any atom is -0.452 e. The Hall–Kier alpha value is -3.42. The van der Waals surface area contributed by atoms with Crippen molar-refractivity contribution in [3.8, 4) is 0 Å². The number of hydrogen-bond acceptors (Lipinski definition) is 5. The van der Waals surface area contributed by atoms with Crippen molar-refractivity contribution in [1.29, 1.82) is 0 Å². The molecule has 1 aromatic heterocycles. The molecule has 0 saturated carbocycles. The van der Waals surface area contributed by atoms with Crippen LogP contribution >= 0.6 is 0 Å². The Balaban J connectivity index is 1.70. The molecule has 0 spiro atoms. The standard InChI is InChI=1S/C17H15N3O5/c1-19-7-6-11(8-15(19)22)17(24)25-10-16(23)20-9-14(21)18-12-4-2-3-5-13(12)20/h2-8H,9-10H2,1H3,(H,18,21). The van der Waals surface area contributed by atoms with Crippen LogP contribution in [-0.2, 0) is 21.4 Å². The Bertz CT molecular complexity index is 918. The van der Waals surface area contributed by atoms with Gasteiger partial charge in [0.05, 0.1) is 16.9 Å². The molecule has 1 aliphatic heterocycles. The number of aromatic nitrogens is 1. The molecule has 1 N–H and O–H groups in total. The van der Waals surface area contributed by atoms with Gasteiger partial charge >= 0.3 is 5.97 Å². The van der Waals surface area contributed by atoms with Crippen LogP contribution in [0.25, 0.3) is 0 Å². The van der Waals surface area contributed by atoms with Crippen molar-refractivity contribution in [2.45, 2.75) is 0 Å². The minimum absolute atomic E-state index is 0.0627. The number of pyridine rings is 1. The van der Waals surface area contributed by atoms with Crippen LogP contribution in [0.5, 0.6) is 0 Å². The summed E-state index contributed by atoms with van der Waals surface area (Å²) in [7, 11) is 1.56. The molecular weight excluding hydrogens is 326 g/mol. The summed E-state index contributed by atoms with van der Waals surface area (Å²) in [5.74, 6) is -1.63. The van der Waals surface area contributed by atoms with E-state index in [1.54, 1.807) is 31.3 Å². The molecule has 1 aliphatic rings. The maximum atomic E-state index is 12.4. The van der Waals surface area contributed by atoms with Crippen LogP contribution in [0.2, 0.25) is 0 Å². The molecule has 2 aromatic rings. The number of anilines is 2. The van der Waals surface area contributed by atoms with Gasteiger partial charge in [0.25, 0.3) is 11.5 Å². The predicted molar refractivity (Wildman–Crippen MR) is 89.4 cm³/mol. The second kappa shape index (κ2) is 6.60. The zero-order valence-corrected chi connectivity index (χ0v) is 13.4. The Morgan fingerprint density at radius 1 is 1.20 bits per heavy atom. The van der Waals surface area contributed by atoms with Crippen molar-refractivity contribution in [3.63, 3.8) is 0 Å². The number of carbonyl (C=O) groups excluding carboxylic acids is 3. The van der Waals surface area contributed by atoms with Crippen molar-refractivity contribution >= 4 is 29.2 Å². The number of rotatable bonds is 3. The van der Waals surface area contributed by atoms with E-state index in [0.29, 0.717) is 11.4 Å². The molecule has 0 aliphatic carbocycles. The molecule has 8 heteroatoms. The average molecular weight is 341 g/mol. The summed E-state index contributed by atoms with van der Waals surface area (Å²) in [6, 6.07) is 9.41. The molecule has 0 bridgehead atoms. The maximum Gasteiger partial charge on any atom is 0.338 e. The average Bonchev–Trinajstić information content (AvgIpc) is 2.60. The van der Waals surface area contributed by atoms with Crippen LogP contribution in [0, 0.1) is 0 Å². The summed E-state index contributed by atoms with van der Waals surface area (Å²) in [4.78, 5) is 48.9. The lowest BCUT2D eigenvalue weighted by Crippen LogP contribution is -2.44. The molecule has 25 heavy (non-hydrogen) atoms. The highest BCUT2D eigenvalue weighted by Crippen LogP contribution is 2.28. The van der Waals surface area contributed by atoms with Gasteiger partial charge in [-0.3, -0.25) is 19.3 Å². The summed E-state index contributed by atoms with van der Waals surface area (Å²) in [5, 5.41) is 2.67. The van der Waals surface area contributed by atoms with Crippen molar-refractivity contribution in [3.05, 3.63) is 58.5 Å². The highest BCUT2D eigenvalue weighted by Gasteiger charge is 2.27. The quantitative estimate of drug-likeness (QED) is 0.821. The Kier molecular flexibility index (Phi) is 4.34. The van der Waals surface area contributed by atoms with Crippen molar-refractivity contribution in [2.24, 2.45) is 7.05 Å². The number of ether oxygens (including phenoxy) is 1. The Morgan fingerprint density at radius 3 is 2.72 bits per heavy atom. The van der Waals surface area contributed by atoms with Gasteiger partial charge in [0, 0.05) is 19.3 Å². The van der Waals surface area contributed by atoms with Gasteiger partial charge < -0.3 is 14.6 Å². The first kappa shape index (κ1) is 16.4. The highest BCUT2D eigenvalue weighted by molar-refractivity contribution is 6.10. The number of hydrogen-bond donors (Lipinski definition) is 1. The zero-order valence-electron chi connectivity index (χ0n) is 13.4. The topological polar surface area (TPSA) is 97.7 Å². The fourth-order valence-electron chi connectivity index (χ4n) is 2.42.